The van der Waals surface area contributed by atoms with Crippen LogP contribution in [0.2, 0.25) is 0 Å². The molecule has 0 fully saturated rings. The topological polar surface area (TPSA) is 78.9 Å². The molecule has 1 unspecified atom stereocenters. The zero-order valence-electron chi connectivity index (χ0n) is 38.1. The fourth-order valence-electron chi connectivity index (χ4n) is 7.48. The van der Waals surface area contributed by atoms with Gasteiger partial charge in [0, 0.05) is 19.3 Å². The summed E-state index contributed by atoms with van der Waals surface area (Å²) in [5.74, 6) is 0.0439. The average molecular weight is 793 g/mol. The molecule has 0 rings (SSSR count). The largest absolute Gasteiger partial charge is 0.462 e. The Hall–Kier alpha value is -1.59. The van der Waals surface area contributed by atoms with E-state index in [1.165, 1.54) is 173 Å². The van der Waals surface area contributed by atoms with Gasteiger partial charge < -0.3 is 14.2 Å². The monoisotopic (exact) mass is 793 g/mol. The number of hydrogen-bond donors (Lipinski definition) is 0. The highest BCUT2D eigenvalue weighted by molar-refractivity contribution is 5.71. The first-order valence-electron chi connectivity index (χ1n) is 24.9. The minimum absolute atomic E-state index is 0.0632. The van der Waals surface area contributed by atoms with Crippen LogP contribution in [0.5, 0.6) is 0 Å². The van der Waals surface area contributed by atoms with Crippen molar-refractivity contribution in [1.29, 1.82) is 0 Å². The summed E-state index contributed by atoms with van der Waals surface area (Å²) in [6.07, 6.45) is 45.1. The normalized spacial score (nSPS) is 12.4. The molecule has 0 saturated heterocycles. The van der Waals surface area contributed by atoms with Crippen LogP contribution in [0.1, 0.15) is 278 Å². The van der Waals surface area contributed by atoms with Gasteiger partial charge in [0.1, 0.15) is 13.2 Å². The maximum atomic E-state index is 12.8. The fraction of sp³-hybridized carbons (Fsp3) is 0.940. The molecular weight excluding hydrogens is 697 g/mol. The minimum atomic E-state index is -0.759. The van der Waals surface area contributed by atoms with Crippen molar-refractivity contribution >= 4 is 17.9 Å². The van der Waals surface area contributed by atoms with Crippen LogP contribution in [0.3, 0.4) is 0 Å². The van der Waals surface area contributed by atoms with E-state index < -0.39 is 6.10 Å². The van der Waals surface area contributed by atoms with Crippen LogP contribution in [-0.2, 0) is 28.6 Å². The van der Waals surface area contributed by atoms with Crippen molar-refractivity contribution in [2.45, 2.75) is 284 Å². The molecule has 0 amide bonds. The van der Waals surface area contributed by atoms with Crippen molar-refractivity contribution in [2.75, 3.05) is 13.2 Å². The van der Waals surface area contributed by atoms with Gasteiger partial charge >= 0.3 is 17.9 Å². The first-order chi connectivity index (χ1) is 27.4. The van der Waals surface area contributed by atoms with E-state index in [9.17, 15) is 14.4 Å². The van der Waals surface area contributed by atoms with Gasteiger partial charge in [-0.3, -0.25) is 14.4 Å². The van der Waals surface area contributed by atoms with Crippen LogP contribution < -0.4 is 0 Å². The second-order valence-corrected chi connectivity index (χ2v) is 17.3. The number of carbonyl (C=O) groups excluding carboxylic acids is 3. The van der Waals surface area contributed by atoms with Crippen molar-refractivity contribution in [3.05, 3.63) is 0 Å². The second kappa shape index (κ2) is 44.5. The highest BCUT2D eigenvalue weighted by Crippen LogP contribution is 2.17. The molecule has 6 nitrogen and oxygen atoms in total. The number of esters is 3. The van der Waals surface area contributed by atoms with Gasteiger partial charge in [0.05, 0.1) is 0 Å². The standard InChI is InChI=1S/C50H96O6/c1-5-8-10-12-14-16-21-26-30-34-38-42-49(52)55-45-47(44-54-48(51)41-37-33-29-24-15-13-11-9-6-2)56-50(53)43-39-35-31-27-23-20-18-17-19-22-25-28-32-36-40-46(4)7-3/h46-47H,5-45H2,1-4H3/t46?,47-/m1/s1. The molecule has 0 aliphatic carbocycles. The average Bonchev–Trinajstić information content (AvgIpc) is 3.19. The van der Waals surface area contributed by atoms with Crippen molar-refractivity contribution in [3.63, 3.8) is 0 Å². The number of carbonyl (C=O) groups is 3. The number of ether oxygens (including phenoxy) is 3. The van der Waals surface area contributed by atoms with Gasteiger partial charge in [0.2, 0.25) is 0 Å². The van der Waals surface area contributed by atoms with Crippen LogP contribution in [0.25, 0.3) is 0 Å². The molecule has 6 heteroatoms. The van der Waals surface area contributed by atoms with E-state index in [1.807, 2.05) is 0 Å². The molecule has 0 bridgehead atoms. The predicted octanol–water partition coefficient (Wildman–Crippen LogP) is 15.9. The molecule has 0 aromatic rings. The third-order valence-electron chi connectivity index (χ3n) is 11.7. The number of unbranched alkanes of at least 4 members (excludes halogenated alkanes) is 31. The minimum Gasteiger partial charge on any atom is -0.462 e. The highest BCUT2D eigenvalue weighted by atomic mass is 16.6. The fourth-order valence-corrected chi connectivity index (χ4v) is 7.48. The van der Waals surface area contributed by atoms with Crippen molar-refractivity contribution in [3.8, 4) is 0 Å². The molecule has 0 spiro atoms. The molecule has 56 heavy (non-hydrogen) atoms. The SMILES string of the molecule is CCCCCCCCCCCCCC(=O)OC[C@@H](COC(=O)CCCCCCCCCCC)OC(=O)CCCCCCCCCCCCCCCCC(C)CC. The molecular formula is C50H96O6. The third kappa shape index (κ3) is 42.0. The third-order valence-corrected chi connectivity index (χ3v) is 11.7. The molecule has 2 atom stereocenters. The molecule has 0 radical (unpaired) electrons. The van der Waals surface area contributed by atoms with E-state index in [1.54, 1.807) is 0 Å². The van der Waals surface area contributed by atoms with Crippen LogP contribution >= 0.6 is 0 Å². The van der Waals surface area contributed by atoms with Crippen LogP contribution in [0.15, 0.2) is 0 Å². The molecule has 0 aliphatic rings. The van der Waals surface area contributed by atoms with E-state index in [0.717, 1.165) is 63.7 Å². The summed E-state index contributed by atoms with van der Waals surface area (Å²) >= 11 is 0. The lowest BCUT2D eigenvalue weighted by Gasteiger charge is -2.18. The zero-order chi connectivity index (χ0) is 41.0. The summed E-state index contributed by atoms with van der Waals surface area (Å²) in [7, 11) is 0. The van der Waals surface area contributed by atoms with Crippen molar-refractivity contribution < 1.29 is 28.6 Å². The maximum absolute atomic E-state index is 12.8. The quantitative estimate of drug-likeness (QED) is 0.0347. The summed E-state index contributed by atoms with van der Waals surface area (Å²) in [5, 5.41) is 0. The lowest BCUT2D eigenvalue weighted by molar-refractivity contribution is -0.167. The van der Waals surface area contributed by atoms with Crippen LogP contribution in [-0.4, -0.2) is 37.2 Å². The summed E-state index contributed by atoms with van der Waals surface area (Å²) in [6, 6.07) is 0. The van der Waals surface area contributed by atoms with E-state index in [4.69, 9.17) is 14.2 Å². The summed E-state index contributed by atoms with van der Waals surface area (Å²) in [4.78, 5) is 37.8. The van der Waals surface area contributed by atoms with E-state index in [2.05, 4.69) is 27.7 Å². The lowest BCUT2D eigenvalue weighted by atomic mass is 9.99. The van der Waals surface area contributed by atoms with Gasteiger partial charge in [-0.25, -0.2) is 0 Å². The number of rotatable bonds is 45. The van der Waals surface area contributed by atoms with E-state index in [0.29, 0.717) is 19.3 Å². The Bertz CT molecular complexity index is 843. The van der Waals surface area contributed by atoms with Gasteiger partial charge in [-0.2, -0.15) is 0 Å². The molecule has 332 valence electrons. The van der Waals surface area contributed by atoms with Gasteiger partial charge in [-0.15, -0.1) is 0 Å². The van der Waals surface area contributed by atoms with Gasteiger partial charge in [0.25, 0.3) is 0 Å². The molecule has 0 N–H and O–H groups in total. The van der Waals surface area contributed by atoms with E-state index in [-0.39, 0.29) is 31.1 Å². The van der Waals surface area contributed by atoms with Crippen LogP contribution in [0.4, 0.5) is 0 Å². The predicted molar refractivity (Wildman–Crippen MR) is 238 cm³/mol. The first kappa shape index (κ1) is 54.4. The second-order valence-electron chi connectivity index (χ2n) is 17.3. The summed E-state index contributed by atoms with van der Waals surface area (Å²) < 4.78 is 16.7. The maximum Gasteiger partial charge on any atom is 0.306 e. The Morgan fingerprint density at radius 2 is 0.625 bits per heavy atom. The molecule has 0 aromatic carbocycles. The summed E-state index contributed by atoms with van der Waals surface area (Å²) in [5.41, 5.74) is 0. The Kier molecular flexibility index (Phi) is 43.2. The van der Waals surface area contributed by atoms with Gasteiger partial charge in [-0.05, 0) is 25.2 Å². The Labute approximate surface area is 348 Å². The van der Waals surface area contributed by atoms with Gasteiger partial charge in [-0.1, -0.05) is 240 Å². The Morgan fingerprint density at radius 3 is 0.929 bits per heavy atom. The molecule has 0 heterocycles. The summed E-state index contributed by atoms with van der Waals surface area (Å²) in [6.45, 7) is 9.04. The van der Waals surface area contributed by atoms with Crippen LogP contribution in [0, 0.1) is 5.92 Å². The molecule has 0 aromatic heterocycles. The Morgan fingerprint density at radius 1 is 0.357 bits per heavy atom. The smallest absolute Gasteiger partial charge is 0.306 e. The molecule has 0 saturated carbocycles. The molecule has 0 aliphatic heterocycles. The van der Waals surface area contributed by atoms with E-state index >= 15 is 0 Å². The first-order valence-corrected chi connectivity index (χ1v) is 24.9. The van der Waals surface area contributed by atoms with Crippen molar-refractivity contribution in [2.24, 2.45) is 5.92 Å². The lowest BCUT2D eigenvalue weighted by Crippen LogP contribution is -2.30. The number of hydrogen-bond acceptors (Lipinski definition) is 6. The highest BCUT2D eigenvalue weighted by Gasteiger charge is 2.19. The van der Waals surface area contributed by atoms with Crippen molar-refractivity contribution in [1.82, 2.24) is 0 Å². The van der Waals surface area contributed by atoms with Gasteiger partial charge in [0.15, 0.2) is 6.10 Å². The Balaban J connectivity index is 4.25. The zero-order valence-corrected chi connectivity index (χ0v) is 38.1.